The number of anilines is 1. The largest absolute Gasteiger partial charge is 0.497 e. The lowest BCUT2D eigenvalue weighted by Crippen LogP contribution is -2.25. The van der Waals surface area contributed by atoms with Crippen LogP contribution in [0, 0.1) is 6.92 Å². The highest BCUT2D eigenvalue weighted by Crippen LogP contribution is 2.36. The molecule has 1 aliphatic rings. The second kappa shape index (κ2) is 8.25. The number of carbonyl (C=O) groups excluding carboxylic acids is 1. The minimum absolute atomic E-state index is 0.0239. The van der Waals surface area contributed by atoms with Gasteiger partial charge in [-0.2, -0.15) is 4.98 Å². The minimum atomic E-state index is -0.100. The minimum Gasteiger partial charge on any atom is -0.497 e. The molecule has 0 bridgehead atoms. The van der Waals surface area contributed by atoms with Crippen LogP contribution >= 0.6 is 11.6 Å². The first-order valence-corrected chi connectivity index (χ1v) is 9.94. The summed E-state index contributed by atoms with van der Waals surface area (Å²) in [4.78, 5) is 18.9. The molecule has 0 radical (unpaired) electrons. The van der Waals surface area contributed by atoms with Crippen molar-refractivity contribution in [3.63, 3.8) is 0 Å². The molecule has 150 valence electrons. The number of aryl methyl sites for hydroxylation is 3. The molecule has 3 aromatic rings. The van der Waals surface area contributed by atoms with Crippen LogP contribution in [0.2, 0.25) is 5.02 Å². The number of aromatic nitrogens is 2. The van der Waals surface area contributed by atoms with Crippen LogP contribution in [0.25, 0.3) is 0 Å². The highest BCUT2D eigenvalue weighted by atomic mass is 35.5. The SMILES string of the molecule is COc1ccc(CCc2nc(C3CC(=O)N(c4c(C)cccc4Cl)C3)no2)cc1. The summed E-state index contributed by atoms with van der Waals surface area (Å²) in [6, 6.07) is 13.6. The third-order valence-electron chi connectivity index (χ3n) is 5.22. The number of hydrogen-bond donors (Lipinski definition) is 0. The van der Waals surface area contributed by atoms with E-state index in [1.54, 1.807) is 18.1 Å². The fourth-order valence-electron chi connectivity index (χ4n) is 3.64. The number of amides is 1. The second-order valence-electron chi connectivity index (χ2n) is 7.21. The molecule has 0 spiro atoms. The number of hydrogen-bond acceptors (Lipinski definition) is 5. The molecule has 7 heteroatoms. The Morgan fingerprint density at radius 1 is 1.21 bits per heavy atom. The van der Waals surface area contributed by atoms with Crippen molar-refractivity contribution in [1.29, 1.82) is 0 Å². The molecular weight excluding hydrogens is 390 g/mol. The molecule has 1 saturated heterocycles. The van der Waals surface area contributed by atoms with Crippen molar-refractivity contribution < 1.29 is 14.1 Å². The zero-order valence-electron chi connectivity index (χ0n) is 16.4. The van der Waals surface area contributed by atoms with Gasteiger partial charge in [-0.15, -0.1) is 0 Å². The van der Waals surface area contributed by atoms with Crippen molar-refractivity contribution in [1.82, 2.24) is 10.1 Å². The number of methoxy groups -OCH3 is 1. The molecular formula is C22H22ClN3O3. The Bertz CT molecular complexity index is 996. The Hall–Kier alpha value is -2.86. The van der Waals surface area contributed by atoms with Crippen LogP contribution in [0.4, 0.5) is 5.69 Å². The van der Waals surface area contributed by atoms with Crippen LogP contribution < -0.4 is 9.64 Å². The molecule has 0 aliphatic carbocycles. The van der Waals surface area contributed by atoms with Gasteiger partial charge in [-0.3, -0.25) is 4.79 Å². The fraction of sp³-hybridized carbons (Fsp3) is 0.318. The summed E-state index contributed by atoms with van der Waals surface area (Å²) < 4.78 is 10.6. The summed E-state index contributed by atoms with van der Waals surface area (Å²) in [6.45, 7) is 2.45. The van der Waals surface area contributed by atoms with Crippen LogP contribution in [0.15, 0.2) is 47.0 Å². The van der Waals surface area contributed by atoms with Gasteiger partial charge in [0.15, 0.2) is 5.82 Å². The first-order valence-electron chi connectivity index (χ1n) is 9.56. The van der Waals surface area contributed by atoms with Crippen LogP contribution in [0.5, 0.6) is 5.75 Å². The molecule has 2 heterocycles. The molecule has 1 aliphatic heterocycles. The average Bonchev–Trinajstić information content (AvgIpc) is 3.34. The molecule has 0 saturated carbocycles. The predicted molar refractivity (Wildman–Crippen MR) is 111 cm³/mol. The summed E-state index contributed by atoms with van der Waals surface area (Å²) in [5, 5.41) is 4.70. The van der Waals surface area contributed by atoms with E-state index in [1.165, 1.54) is 5.56 Å². The number of para-hydroxylation sites is 1. The highest BCUT2D eigenvalue weighted by Gasteiger charge is 2.35. The molecule has 1 amide bonds. The van der Waals surface area contributed by atoms with Crippen molar-refractivity contribution in [3.8, 4) is 5.75 Å². The third-order valence-corrected chi connectivity index (χ3v) is 5.52. The summed E-state index contributed by atoms with van der Waals surface area (Å²) >= 11 is 6.34. The maximum atomic E-state index is 12.6. The van der Waals surface area contributed by atoms with E-state index in [4.69, 9.17) is 20.9 Å². The lowest BCUT2D eigenvalue weighted by Gasteiger charge is -2.20. The Balaban J connectivity index is 1.42. The maximum Gasteiger partial charge on any atom is 0.227 e. The maximum absolute atomic E-state index is 12.6. The van der Waals surface area contributed by atoms with E-state index in [2.05, 4.69) is 10.1 Å². The molecule has 0 N–H and O–H groups in total. The summed E-state index contributed by atoms with van der Waals surface area (Å²) in [5.74, 6) is 1.91. The topological polar surface area (TPSA) is 68.5 Å². The van der Waals surface area contributed by atoms with Crippen molar-refractivity contribution >= 4 is 23.2 Å². The van der Waals surface area contributed by atoms with Gasteiger partial charge in [0, 0.05) is 25.3 Å². The zero-order chi connectivity index (χ0) is 20.4. The Morgan fingerprint density at radius 2 is 2.00 bits per heavy atom. The Kier molecular flexibility index (Phi) is 5.53. The first-order chi connectivity index (χ1) is 14.0. The number of rotatable bonds is 6. The Morgan fingerprint density at radius 3 is 2.72 bits per heavy atom. The van der Waals surface area contributed by atoms with Crippen molar-refractivity contribution in [2.24, 2.45) is 0 Å². The van der Waals surface area contributed by atoms with E-state index >= 15 is 0 Å². The lowest BCUT2D eigenvalue weighted by molar-refractivity contribution is -0.117. The lowest BCUT2D eigenvalue weighted by atomic mass is 10.1. The molecule has 2 aromatic carbocycles. The Labute approximate surface area is 174 Å². The van der Waals surface area contributed by atoms with Gasteiger partial charge in [-0.25, -0.2) is 0 Å². The third kappa shape index (κ3) is 4.12. The number of benzene rings is 2. The molecule has 4 rings (SSSR count). The zero-order valence-corrected chi connectivity index (χ0v) is 17.1. The first kappa shape index (κ1) is 19.5. The van der Waals surface area contributed by atoms with Gasteiger partial charge >= 0.3 is 0 Å². The number of nitrogens with zero attached hydrogens (tertiary/aromatic N) is 3. The van der Waals surface area contributed by atoms with Gasteiger partial charge in [0.05, 0.1) is 17.8 Å². The van der Waals surface area contributed by atoms with Gasteiger partial charge in [-0.1, -0.05) is 41.0 Å². The smallest absolute Gasteiger partial charge is 0.227 e. The van der Waals surface area contributed by atoms with Crippen LogP contribution in [-0.2, 0) is 17.6 Å². The van der Waals surface area contributed by atoms with Crippen LogP contribution in [0.3, 0.4) is 0 Å². The number of carbonyl (C=O) groups is 1. The second-order valence-corrected chi connectivity index (χ2v) is 7.61. The monoisotopic (exact) mass is 411 g/mol. The van der Waals surface area contributed by atoms with Gasteiger partial charge in [0.25, 0.3) is 0 Å². The summed E-state index contributed by atoms with van der Waals surface area (Å²) in [5.41, 5.74) is 2.91. The van der Waals surface area contributed by atoms with E-state index in [0.717, 1.165) is 23.4 Å². The molecule has 1 atom stereocenters. The van der Waals surface area contributed by atoms with E-state index in [0.29, 0.717) is 36.1 Å². The molecule has 1 unspecified atom stereocenters. The molecule has 1 fully saturated rings. The molecule has 29 heavy (non-hydrogen) atoms. The van der Waals surface area contributed by atoms with Crippen molar-refractivity contribution in [2.45, 2.75) is 32.1 Å². The van der Waals surface area contributed by atoms with Gasteiger partial charge < -0.3 is 14.2 Å². The van der Waals surface area contributed by atoms with E-state index < -0.39 is 0 Å². The molecule has 6 nitrogen and oxygen atoms in total. The molecule has 1 aromatic heterocycles. The highest BCUT2D eigenvalue weighted by molar-refractivity contribution is 6.34. The van der Waals surface area contributed by atoms with Crippen LogP contribution in [0.1, 0.15) is 35.2 Å². The predicted octanol–water partition coefficient (Wildman–Crippen LogP) is 4.35. The summed E-state index contributed by atoms with van der Waals surface area (Å²) in [6.07, 6.45) is 1.79. The van der Waals surface area contributed by atoms with Gasteiger partial charge in [-0.05, 0) is 42.7 Å². The van der Waals surface area contributed by atoms with E-state index in [1.807, 2.05) is 43.3 Å². The summed E-state index contributed by atoms with van der Waals surface area (Å²) in [7, 11) is 1.65. The normalized spacial score (nSPS) is 16.4. The standard InChI is InChI=1S/C22H22ClN3O3/c1-14-4-3-5-18(23)21(14)26-13-16(12-20(26)27)22-24-19(29-25-22)11-8-15-6-9-17(28-2)10-7-15/h3-7,9-10,16H,8,11-13H2,1-2H3. The number of ether oxygens (including phenoxy) is 1. The van der Waals surface area contributed by atoms with Crippen molar-refractivity contribution in [3.05, 3.63) is 70.3 Å². The van der Waals surface area contributed by atoms with Crippen molar-refractivity contribution in [2.75, 3.05) is 18.6 Å². The quantitative estimate of drug-likeness (QED) is 0.603. The van der Waals surface area contributed by atoms with Gasteiger partial charge in [0.1, 0.15) is 5.75 Å². The average molecular weight is 412 g/mol. The van der Waals surface area contributed by atoms with Crippen LogP contribution in [-0.4, -0.2) is 29.7 Å². The number of halogens is 1. The van der Waals surface area contributed by atoms with E-state index in [-0.39, 0.29) is 11.8 Å². The fourth-order valence-corrected chi connectivity index (χ4v) is 3.96. The van der Waals surface area contributed by atoms with E-state index in [9.17, 15) is 4.79 Å². The van der Waals surface area contributed by atoms with Gasteiger partial charge in [0.2, 0.25) is 11.8 Å².